The summed E-state index contributed by atoms with van der Waals surface area (Å²) in [6, 6.07) is 8.71. The molecule has 0 aliphatic carbocycles. The van der Waals surface area contributed by atoms with Crippen molar-refractivity contribution in [2.24, 2.45) is 0 Å². The molecule has 0 saturated carbocycles. The van der Waals surface area contributed by atoms with Crippen molar-refractivity contribution in [1.29, 1.82) is 0 Å². The van der Waals surface area contributed by atoms with E-state index in [0.29, 0.717) is 5.02 Å². The first-order chi connectivity index (χ1) is 12.3. The molecule has 0 saturated heterocycles. The molecular formula is C17H15ClF3NO4S. The molecule has 27 heavy (non-hydrogen) atoms. The maximum atomic E-state index is 12.5. The van der Waals surface area contributed by atoms with E-state index in [1.54, 1.807) is 0 Å². The Bertz CT molecular complexity index is 924. The molecule has 2 N–H and O–H groups in total. The summed E-state index contributed by atoms with van der Waals surface area (Å²) in [6.45, 7) is 1.000. The Labute approximate surface area is 158 Å². The van der Waals surface area contributed by atoms with Gasteiger partial charge in [-0.1, -0.05) is 11.6 Å². The zero-order valence-corrected chi connectivity index (χ0v) is 15.5. The number of benzene rings is 2. The summed E-state index contributed by atoms with van der Waals surface area (Å²) < 4.78 is 62.3. The van der Waals surface area contributed by atoms with Gasteiger partial charge in [0.15, 0.2) is 15.4 Å². The van der Waals surface area contributed by atoms with E-state index in [9.17, 15) is 31.5 Å². The Morgan fingerprint density at radius 1 is 1.07 bits per heavy atom. The van der Waals surface area contributed by atoms with Crippen molar-refractivity contribution in [3.63, 3.8) is 0 Å². The van der Waals surface area contributed by atoms with Crippen molar-refractivity contribution < 1.29 is 31.5 Å². The van der Waals surface area contributed by atoms with Crippen LogP contribution in [0.5, 0.6) is 0 Å². The van der Waals surface area contributed by atoms with E-state index in [1.807, 2.05) is 0 Å². The molecule has 1 unspecified atom stereocenters. The van der Waals surface area contributed by atoms with E-state index in [-0.39, 0.29) is 10.6 Å². The number of rotatable bonds is 5. The lowest BCUT2D eigenvalue weighted by molar-refractivity contribution is -0.137. The zero-order valence-electron chi connectivity index (χ0n) is 13.9. The van der Waals surface area contributed by atoms with Crippen LogP contribution in [0.15, 0.2) is 53.4 Å². The van der Waals surface area contributed by atoms with Crippen molar-refractivity contribution in [1.82, 2.24) is 0 Å². The van der Waals surface area contributed by atoms with Gasteiger partial charge in [-0.05, 0) is 55.5 Å². The lowest BCUT2D eigenvalue weighted by Crippen LogP contribution is -2.45. The highest BCUT2D eigenvalue weighted by molar-refractivity contribution is 7.91. The molecule has 5 nitrogen and oxygen atoms in total. The van der Waals surface area contributed by atoms with E-state index >= 15 is 0 Å². The monoisotopic (exact) mass is 421 g/mol. The number of sulfone groups is 1. The quantitative estimate of drug-likeness (QED) is 0.773. The number of aliphatic hydroxyl groups is 1. The molecule has 0 spiro atoms. The van der Waals surface area contributed by atoms with Gasteiger partial charge in [-0.3, -0.25) is 4.79 Å². The summed E-state index contributed by atoms with van der Waals surface area (Å²) in [7, 11) is -4.02. The van der Waals surface area contributed by atoms with Gasteiger partial charge in [0.1, 0.15) is 0 Å². The third kappa shape index (κ3) is 5.44. The Kier molecular flexibility index (Phi) is 5.88. The van der Waals surface area contributed by atoms with Crippen LogP contribution in [0.25, 0.3) is 0 Å². The minimum atomic E-state index is -4.53. The summed E-state index contributed by atoms with van der Waals surface area (Å²) in [5.41, 5.74) is -3.24. The lowest BCUT2D eigenvalue weighted by Gasteiger charge is -2.22. The number of anilines is 1. The van der Waals surface area contributed by atoms with Crippen LogP contribution < -0.4 is 5.32 Å². The van der Waals surface area contributed by atoms with E-state index in [2.05, 4.69) is 5.32 Å². The number of amides is 1. The largest absolute Gasteiger partial charge is 0.416 e. The summed E-state index contributed by atoms with van der Waals surface area (Å²) in [6.07, 6.45) is -4.53. The summed E-state index contributed by atoms with van der Waals surface area (Å²) in [5, 5.41) is 12.8. The highest BCUT2D eigenvalue weighted by atomic mass is 35.5. The van der Waals surface area contributed by atoms with Crippen LogP contribution in [0.4, 0.5) is 18.9 Å². The lowest BCUT2D eigenvalue weighted by atomic mass is 10.1. The third-order valence-electron chi connectivity index (χ3n) is 3.60. The number of halogens is 4. The first-order valence-electron chi connectivity index (χ1n) is 7.51. The second-order valence-corrected chi connectivity index (χ2v) is 8.44. The molecule has 1 atom stereocenters. The van der Waals surface area contributed by atoms with Gasteiger partial charge < -0.3 is 10.4 Å². The second-order valence-electron chi connectivity index (χ2n) is 6.02. The van der Waals surface area contributed by atoms with Gasteiger partial charge in [-0.15, -0.1) is 0 Å². The van der Waals surface area contributed by atoms with E-state index < -0.39 is 38.8 Å². The average Bonchev–Trinajstić information content (AvgIpc) is 2.54. The molecule has 2 rings (SSSR count). The highest BCUT2D eigenvalue weighted by Gasteiger charge is 2.37. The Morgan fingerprint density at radius 2 is 1.59 bits per heavy atom. The fourth-order valence-corrected chi connectivity index (χ4v) is 3.88. The molecular weight excluding hydrogens is 407 g/mol. The predicted octanol–water partition coefficient (Wildman–Crippen LogP) is 3.52. The van der Waals surface area contributed by atoms with Gasteiger partial charge in [0.2, 0.25) is 0 Å². The molecule has 0 aliphatic rings. The molecule has 146 valence electrons. The first kappa shape index (κ1) is 21.2. The Morgan fingerprint density at radius 3 is 2.07 bits per heavy atom. The maximum Gasteiger partial charge on any atom is 0.416 e. The van der Waals surface area contributed by atoms with Gasteiger partial charge in [0.05, 0.1) is 16.2 Å². The highest BCUT2D eigenvalue weighted by Crippen LogP contribution is 2.30. The summed E-state index contributed by atoms with van der Waals surface area (Å²) in [4.78, 5) is 12.1. The topological polar surface area (TPSA) is 83.5 Å². The average molecular weight is 422 g/mol. The van der Waals surface area contributed by atoms with Crippen molar-refractivity contribution >= 4 is 33.0 Å². The van der Waals surface area contributed by atoms with Crippen LogP contribution in [0.1, 0.15) is 12.5 Å². The number of carbonyl (C=O) groups is 1. The minimum Gasteiger partial charge on any atom is -0.379 e. The standard InChI is InChI=1S/C17H15ClF3NO4S/c1-16(24,10-27(25,26)14-8-4-12(18)5-9-14)15(23)22-13-6-2-11(3-7-13)17(19,20)21/h2-9,24H,10H2,1H3,(H,22,23). The smallest absolute Gasteiger partial charge is 0.379 e. The van der Waals surface area contributed by atoms with Crippen LogP contribution >= 0.6 is 11.6 Å². The van der Waals surface area contributed by atoms with Crippen molar-refractivity contribution in [3.05, 3.63) is 59.1 Å². The van der Waals surface area contributed by atoms with E-state index in [4.69, 9.17) is 11.6 Å². The fourth-order valence-electron chi connectivity index (χ4n) is 2.17. The maximum absolute atomic E-state index is 12.5. The second kappa shape index (κ2) is 7.49. The number of alkyl halides is 3. The van der Waals surface area contributed by atoms with E-state index in [1.165, 1.54) is 24.3 Å². The molecule has 0 bridgehead atoms. The van der Waals surface area contributed by atoms with Gasteiger partial charge >= 0.3 is 6.18 Å². The molecule has 1 amide bonds. The molecule has 2 aromatic carbocycles. The SMILES string of the molecule is CC(O)(CS(=O)(=O)c1ccc(Cl)cc1)C(=O)Nc1ccc(C(F)(F)F)cc1. The molecule has 10 heteroatoms. The molecule has 0 fully saturated rings. The summed E-state index contributed by atoms with van der Waals surface area (Å²) in [5.74, 6) is -1.99. The van der Waals surface area contributed by atoms with Crippen LogP contribution in [-0.4, -0.2) is 30.8 Å². The van der Waals surface area contributed by atoms with Gasteiger partial charge in [-0.25, -0.2) is 8.42 Å². The first-order valence-corrected chi connectivity index (χ1v) is 9.54. The summed E-state index contributed by atoms with van der Waals surface area (Å²) >= 11 is 5.70. The third-order valence-corrected chi connectivity index (χ3v) is 5.79. The minimum absolute atomic E-state index is 0.0165. The molecule has 2 aromatic rings. The van der Waals surface area contributed by atoms with E-state index in [0.717, 1.165) is 31.2 Å². The number of nitrogens with one attached hydrogen (secondary N) is 1. The predicted molar refractivity (Wildman–Crippen MR) is 94.2 cm³/mol. The van der Waals surface area contributed by atoms with Crippen molar-refractivity contribution in [2.75, 3.05) is 11.1 Å². The number of carbonyl (C=O) groups excluding carboxylic acids is 1. The van der Waals surface area contributed by atoms with Crippen LogP contribution in [-0.2, 0) is 20.8 Å². The molecule has 0 heterocycles. The Balaban J connectivity index is 2.13. The van der Waals surface area contributed by atoms with Gasteiger partial charge in [0, 0.05) is 10.7 Å². The van der Waals surface area contributed by atoms with Crippen LogP contribution in [0, 0.1) is 0 Å². The van der Waals surface area contributed by atoms with Crippen molar-refractivity contribution in [3.8, 4) is 0 Å². The number of hydrogen-bond acceptors (Lipinski definition) is 4. The fraction of sp³-hybridized carbons (Fsp3) is 0.235. The van der Waals surface area contributed by atoms with Crippen LogP contribution in [0.3, 0.4) is 0 Å². The molecule has 0 aliphatic heterocycles. The molecule has 0 aromatic heterocycles. The Hall–Kier alpha value is -2.10. The zero-order chi connectivity index (χ0) is 20.5. The normalized spacial score (nSPS) is 14.4. The van der Waals surface area contributed by atoms with Gasteiger partial charge in [-0.2, -0.15) is 13.2 Å². The van der Waals surface area contributed by atoms with Crippen LogP contribution in [0.2, 0.25) is 5.02 Å². The number of hydrogen-bond donors (Lipinski definition) is 2. The molecule has 0 radical (unpaired) electrons. The van der Waals surface area contributed by atoms with Crippen molar-refractivity contribution in [2.45, 2.75) is 23.6 Å². The van der Waals surface area contributed by atoms with Gasteiger partial charge in [0.25, 0.3) is 5.91 Å².